The number of ether oxygens (including phenoxy) is 1. The Kier molecular flexibility index (Phi) is 4.90. The highest BCUT2D eigenvalue weighted by Crippen LogP contribution is 2.05. The summed E-state index contributed by atoms with van der Waals surface area (Å²) in [4.78, 5) is 15.3. The van der Waals surface area contributed by atoms with E-state index in [0.717, 1.165) is 12.0 Å². The minimum absolute atomic E-state index is 0.469. The van der Waals surface area contributed by atoms with Crippen molar-refractivity contribution in [2.24, 2.45) is 0 Å². The van der Waals surface area contributed by atoms with Gasteiger partial charge < -0.3 is 4.74 Å². The molecule has 0 aliphatic carbocycles. The largest absolute Gasteiger partial charge is 0.443 e. The Morgan fingerprint density at radius 2 is 2.24 bits per heavy atom. The van der Waals surface area contributed by atoms with Gasteiger partial charge in [-0.3, -0.25) is 10.4 Å². The summed E-state index contributed by atoms with van der Waals surface area (Å²) in [6.07, 6.45) is 3.86. The van der Waals surface area contributed by atoms with Gasteiger partial charge in [0, 0.05) is 18.9 Å². The second-order valence-corrected chi connectivity index (χ2v) is 4.66. The second-order valence-electron chi connectivity index (χ2n) is 4.66. The zero-order valence-corrected chi connectivity index (χ0v) is 10.5. The Labute approximate surface area is 102 Å². The molecule has 1 aromatic heterocycles. The third kappa shape index (κ3) is 6.52. The van der Waals surface area contributed by atoms with Crippen molar-refractivity contribution in [3.8, 4) is 0 Å². The lowest BCUT2D eigenvalue weighted by molar-refractivity contribution is 0.0499. The predicted molar refractivity (Wildman–Crippen MR) is 65.3 cm³/mol. The highest BCUT2D eigenvalue weighted by molar-refractivity contribution is 5.66. The van der Waals surface area contributed by atoms with E-state index >= 15 is 0 Å². The molecule has 17 heavy (non-hydrogen) atoms. The van der Waals surface area contributed by atoms with E-state index in [0.29, 0.717) is 6.54 Å². The molecule has 0 bridgehead atoms. The Morgan fingerprint density at radius 1 is 1.47 bits per heavy atom. The molecule has 1 heterocycles. The maximum Gasteiger partial charge on any atom is 0.422 e. The molecule has 1 rings (SSSR count). The molecule has 0 aliphatic heterocycles. The van der Waals surface area contributed by atoms with Crippen LogP contribution in [0.25, 0.3) is 0 Å². The molecular formula is C12H19N3O2. The number of nitrogens with one attached hydrogen (secondary N) is 2. The fourth-order valence-electron chi connectivity index (χ4n) is 1.19. The first kappa shape index (κ1) is 13.4. The van der Waals surface area contributed by atoms with Crippen molar-refractivity contribution in [3.05, 3.63) is 30.1 Å². The summed E-state index contributed by atoms with van der Waals surface area (Å²) in [6.45, 7) is 6.09. The fraction of sp³-hybridized carbons (Fsp3) is 0.500. The van der Waals surface area contributed by atoms with Crippen LogP contribution in [-0.2, 0) is 11.2 Å². The minimum Gasteiger partial charge on any atom is -0.443 e. The van der Waals surface area contributed by atoms with Gasteiger partial charge in [0.1, 0.15) is 5.60 Å². The van der Waals surface area contributed by atoms with Crippen LogP contribution in [0.4, 0.5) is 4.79 Å². The summed E-state index contributed by atoms with van der Waals surface area (Å²) >= 11 is 0. The van der Waals surface area contributed by atoms with Crippen molar-refractivity contribution in [2.45, 2.75) is 32.8 Å². The molecule has 5 nitrogen and oxygen atoms in total. The van der Waals surface area contributed by atoms with Crippen LogP contribution in [0.15, 0.2) is 24.5 Å². The maximum atomic E-state index is 11.3. The molecule has 0 atom stereocenters. The molecule has 0 aromatic carbocycles. The standard InChI is InChI=1S/C12H19N3O2/c1-12(2,3)17-11(16)15-14-8-6-10-5-4-7-13-9-10/h4-5,7,9,14H,6,8H2,1-3H3,(H,15,16). The number of hydrogen-bond donors (Lipinski definition) is 2. The molecule has 1 amide bonds. The average Bonchev–Trinajstić information content (AvgIpc) is 2.23. The van der Waals surface area contributed by atoms with Crippen LogP contribution in [0.3, 0.4) is 0 Å². The zero-order chi connectivity index (χ0) is 12.7. The molecule has 1 aromatic rings. The summed E-state index contributed by atoms with van der Waals surface area (Å²) in [6, 6.07) is 3.87. The van der Waals surface area contributed by atoms with E-state index in [2.05, 4.69) is 15.8 Å². The Morgan fingerprint density at radius 3 is 2.82 bits per heavy atom. The van der Waals surface area contributed by atoms with E-state index in [-0.39, 0.29) is 0 Å². The van der Waals surface area contributed by atoms with E-state index in [1.807, 2.05) is 32.9 Å². The number of rotatable bonds is 4. The van der Waals surface area contributed by atoms with Crippen LogP contribution in [0.1, 0.15) is 26.3 Å². The molecular weight excluding hydrogens is 218 g/mol. The number of aromatic nitrogens is 1. The SMILES string of the molecule is CC(C)(C)OC(=O)NNCCc1cccnc1. The third-order valence-corrected chi connectivity index (χ3v) is 1.85. The molecule has 5 heteroatoms. The number of pyridine rings is 1. The Bertz CT molecular complexity index is 347. The lowest BCUT2D eigenvalue weighted by atomic mass is 10.2. The van der Waals surface area contributed by atoms with Crippen molar-refractivity contribution in [1.82, 2.24) is 15.8 Å². The van der Waals surface area contributed by atoms with Gasteiger partial charge in [-0.05, 0) is 38.8 Å². The zero-order valence-electron chi connectivity index (χ0n) is 10.5. The molecule has 0 fully saturated rings. The molecule has 0 saturated heterocycles. The van der Waals surface area contributed by atoms with Gasteiger partial charge in [0.05, 0.1) is 0 Å². The summed E-state index contributed by atoms with van der Waals surface area (Å²) in [7, 11) is 0. The van der Waals surface area contributed by atoms with E-state index in [1.165, 1.54) is 0 Å². The maximum absolute atomic E-state index is 11.3. The topological polar surface area (TPSA) is 63.2 Å². The summed E-state index contributed by atoms with van der Waals surface area (Å²) in [5.74, 6) is 0. The molecule has 0 saturated carbocycles. The quantitative estimate of drug-likeness (QED) is 0.617. The summed E-state index contributed by atoms with van der Waals surface area (Å²) < 4.78 is 5.07. The predicted octanol–water partition coefficient (Wildman–Crippen LogP) is 1.65. The number of amides is 1. The van der Waals surface area contributed by atoms with Crippen LogP contribution < -0.4 is 10.9 Å². The molecule has 0 unspecified atom stereocenters. The van der Waals surface area contributed by atoms with Gasteiger partial charge in [0.15, 0.2) is 0 Å². The fourth-order valence-corrected chi connectivity index (χ4v) is 1.19. The van der Waals surface area contributed by atoms with Crippen molar-refractivity contribution >= 4 is 6.09 Å². The van der Waals surface area contributed by atoms with Gasteiger partial charge in [0.2, 0.25) is 0 Å². The normalized spacial score (nSPS) is 11.0. The average molecular weight is 237 g/mol. The summed E-state index contributed by atoms with van der Waals surface area (Å²) in [5.41, 5.74) is 5.92. The Balaban J connectivity index is 2.14. The monoisotopic (exact) mass is 237 g/mol. The van der Waals surface area contributed by atoms with Crippen LogP contribution in [-0.4, -0.2) is 23.2 Å². The minimum atomic E-state index is -0.477. The number of hydrazine groups is 1. The highest BCUT2D eigenvalue weighted by Gasteiger charge is 2.15. The van der Waals surface area contributed by atoms with Gasteiger partial charge in [-0.1, -0.05) is 6.07 Å². The molecule has 0 spiro atoms. The van der Waals surface area contributed by atoms with E-state index in [9.17, 15) is 4.79 Å². The van der Waals surface area contributed by atoms with Gasteiger partial charge in [-0.2, -0.15) is 0 Å². The highest BCUT2D eigenvalue weighted by atomic mass is 16.6. The van der Waals surface area contributed by atoms with Crippen molar-refractivity contribution < 1.29 is 9.53 Å². The van der Waals surface area contributed by atoms with Crippen LogP contribution in [0.5, 0.6) is 0 Å². The lowest BCUT2D eigenvalue weighted by Crippen LogP contribution is -2.41. The first-order valence-electron chi connectivity index (χ1n) is 5.58. The number of nitrogens with zero attached hydrogens (tertiary/aromatic N) is 1. The summed E-state index contributed by atoms with van der Waals surface area (Å²) in [5, 5.41) is 0. The van der Waals surface area contributed by atoms with Crippen LogP contribution in [0.2, 0.25) is 0 Å². The van der Waals surface area contributed by atoms with Gasteiger partial charge >= 0.3 is 6.09 Å². The first-order chi connectivity index (χ1) is 7.97. The van der Waals surface area contributed by atoms with Gasteiger partial charge in [-0.25, -0.2) is 10.2 Å². The number of carbonyl (C=O) groups is 1. The van der Waals surface area contributed by atoms with Gasteiger partial charge in [-0.15, -0.1) is 0 Å². The van der Waals surface area contributed by atoms with Crippen molar-refractivity contribution in [2.75, 3.05) is 6.54 Å². The number of hydrogen-bond acceptors (Lipinski definition) is 4. The van der Waals surface area contributed by atoms with Gasteiger partial charge in [0.25, 0.3) is 0 Å². The lowest BCUT2D eigenvalue weighted by Gasteiger charge is -2.19. The Hall–Kier alpha value is -1.62. The smallest absolute Gasteiger partial charge is 0.422 e. The third-order valence-electron chi connectivity index (χ3n) is 1.85. The molecule has 0 aliphatic rings. The number of carbonyl (C=O) groups excluding carboxylic acids is 1. The van der Waals surface area contributed by atoms with E-state index < -0.39 is 11.7 Å². The molecule has 94 valence electrons. The van der Waals surface area contributed by atoms with Crippen molar-refractivity contribution in [3.63, 3.8) is 0 Å². The van der Waals surface area contributed by atoms with Crippen LogP contribution >= 0.6 is 0 Å². The van der Waals surface area contributed by atoms with E-state index in [1.54, 1.807) is 12.4 Å². The van der Waals surface area contributed by atoms with E-state index in [4.69, 9.17) is 4.74 Å². The molecule has 0 radical (unpaired) electrons. The van der Waals surface area contributed by atoms with Crippen molar-refractivity contribution in [1.29, 1.82) is 0 Å². The second kappa shape index (κ2) is 6.20. The van der Waals surface area contributed by atoms with Crippen LogP contribution in [0, 0.1) is 0 Å². The first-order valence-corrected chi connectivity index (χ1v) is 5.58. The molecule has 2 N–H and O–H groups in total.